The minimum absolute atomic E-state index is 0.248. The molecule has 3 aromatic carbocycles. The van der Waals surface area contributed by atoms with Crippen LogP contribution in [0.3, 0.4) is 0 Å². The smallest absolute Gasteiger partial charge is 0.298 e. The second-order valence-corrected chi connectivity index (χ2v) is 7.67. The molecule has 0 amide bonds. The number of aromatic nitrogens is 1. The zero-order valence-corrected chi connectivity index (χ0v) is 17.5. The van der Waals surface area contributed by atoms with Gasteiger partial charge in [0.2, 0.25) is 0 Å². The third-order valence-electron chi connectivity index (χ3n) is 5.62. The van der Waals surface area contributed by atoms with Gasteiger partial charge >= 0.3 is 0 Å². The van der Waals surface area contributed by atoms with Crippen molar-refractivity contribution in [3.05, 3.63) is 95.1 Å². The number of halogens is 1. The number of ether oxygens (including phenoxy) is 1. The maximum absolute atomic E-state index is 13.6. The normalized spacial score (nSPS) is 14.7. The lowest BCUT2D eigenvalue weighted by Gasteiger charge is -2.13. The lowest BCUT2D eigenvalue weighted by Crippen LogP contribution is -2.06. The van der Waals surface area contributed by atoms with Crippen LogP contribution in [0.5, 0.6) is 5.75 Å². The molecule has 0 saturated carbocycles. The van der Waals surface area contributed by atoms with Crippen molar-refractivity contribution >= 4 is 12.2 Å². The SMILES string of the molecule is Cc1noc2c1-c1ccc(-c3ccc(OC=O)cc3)cc1C(c1ccc(F)cc1)=N[C@H]2C. The molecule has 0 fully saturated rings. The van der Waals surface area contributed by atoms with Crippen molar-refractivity contribution in [1.82, 2.24) is 5.16 Å². The van der Waals surface area contributed by atoms with Crippen molar-refractivity contribution in [3.63, 3.8) is 0 Å². The summed E-state index contributed by atoms with van der Waals surface area (Å²) in [4.78, 5) is 15.5. The number of carbonyl (C=O) groups excluding carboxylic acids is 1. The summed E-state index contributed by atoms with van der Waals surface area (Å²) in [6.45, 7) is 4.29. The number of hydrogen-bond acceptors (Lipinski definition) is 5. The fraction of sp³-hybridized carbons (Fsp3) is 0.115. The second kappa shape index (κ2) is 7.89. The van der Waals surface area contributed by atoms with Crippen molar-refractivity contribution in [2.24, 2.45) is 4.99 Å². The van der Waals surface area contributed by atoms with Gasteiger partial charge < -0.3 is 9.26 Å². The number of carbonyl (C=O) groups is 1. The van der Waals surface area contributed by atoms with E-state index in [-0.39, 0.29) is 11.9 Å². The lowest BCUT2D eigenvalue weighted by molar-refractivity contribution is -0.120. The van der Waals surface area contributed by atoms with Gasteiger partial charge in [0.1, 0.15) is 17.6 Å². The first-order valence-corrected chi connectivity index (χ1v) is 10.2. The second-order valence-electron chi connectivity index (χ2n) is 7.67. The molecular formula is C26H19FN2O3. The van der Waals surface area contributed by atoms with E-state index in [9.17, 15) is 9.18 Å². The van der Waals surface area contributed by atoms with Crippen molar-refractivity contribution < 1.29 is 18.4 Å². The molecule has 32 heavy (non-hydrogen) atoms. The van der Waals surface area contributed by atoms with Gasteiger partial charge in [-0.15, -0.1) is 0 Å². The Bertz CT molecular complexity index is 1340. The molecule has 158 valence electrons. The molecule has 5 rings (SSSR count). The van der Waals surface area contributed by atoms with E-state index >= 15 is 0 Å². The average molecular weight is 426 g/mol. The fourth-order valence-electron chi connectivity index (χ4n) is 4.08. The third-order valence-corrected chi connectivity index (χ3v) is 5.62. The van der Waals surface area contributed by atoms with Gasteiger partial charge in [0.15, 0.2) is 5.76 Å². The number of aliphatic imine (C=N–C) groups is 1. The van der Waals surface area contributed by atoms with Crippen molar-refractivity contribution in [1.29, 1.82) is 0 Å². The van der Waals surface area contributed by atoms with Crippen molar-refractivity contribution in [2.75, 3.05) is 0 Å². The van der Waals surface area contributed by atoms with E-state index in [1.54, 1.807) is 24.3 Å². The summed E-state index contributed by atoms with van der Waals surface area (Å²) in [5.41, 5.74) is 7.14. The van der Waals surface area contributed by atoms with Crippen LogP contribution in [0, 0.1) is 12.7 Å². The van der Waals surface area contributed by atoms with Gasteiger partial charge in [0.05, 0.1) is 17.0 Å². The van der Waals surface area contributed by atoms with E-state index in [2.05, 4.69) is 11.2 Å². The van der Waals surface area contributed by atoms with E-state index < -0.39 is 0 Å². The van der Waals surface area contributed by atoms with Crippen LogP contribution >= 0.6 is 0 Å². The standard InChI is InChI=1S/C26H19FN2O3/c1-15-24-22-12-7-19(17-5-10-21(11-6-17)31-14-30)13-23(22)25(18-3-8-20(27)9-4-18)28-16(2)26(24)32-29-15/h3-14,16H,1-2H3/t16-/m0/s1. The lowest BCUT2D eigenvalue weighted by atomic mass is 9.90. The first-order chi connectivity index (χ1) is 15.5. The molecule has 0 N–H and O–H groups in total. The van der Waals surface area contributed by atoms with Gasteiger partial charge in [-0.1, -0.05) is 29.4 Å². The Kier molecular flexibility index (Phi) is 4.90. The zero-order valence-electron chi connectivity index (χ0n) is 17.5. The minimum Gasteiger partial charge on any atom is -0.429 e. The van der Waals surface area contributed by atoms with Crippen LogP contribution in [0.1, 0.15) is 35.5 Å². The van der Waals surface area contributed by atoms with E-state index in [1.807, 2.05) is 38.1 Å². The Morgan fingerprint density at radius 2 is 1.62 bits per heavy atom. The highest BCUT2D eigenvalue weighted by atomic mass is 19.1. The molecule has 2 heterocycles. The highest BCUT2D eigenvalue weighted by Gasteiger charge is 2.28. The maximum Gasteiger partial charge on any atom is 0.298 e. The summed E-state index contributed by atoms with van der Waals surface area (Å²) < 4.78 is 24.1. The first-order valence-electron chi connectivity index (χ1n) is 10.2. The van der Waals surface area contributed by atoms with Gasteiger partial charge in [-0.25, -0.2) is 4.39 Å². The summed E-state index contributed by atoms with van der Waals surface area (Å²) in [5.74, 6) is 0.893. The minimum atomic E-state index is -0.297. The molecule has 0 radical (unpaired) electrons. The van der Waals surface area contributed by atoms with E-state index in [4.69, 9.17) is 14.3 Å². The first kappa shape index (κ1) is 19.9. The monoisotopic (exact) mass is 426 g/mol. The zero-order chi connectivity index (χ0) is 22.2. The predicted molar refractivity (Wildman–Crippen MR) is 119 cm³/mol. The van der Waals surface area contributed by atoms with Crippen LogP contribution in [0.15, 0.2) is 76.2 Å². The summed E-state index contributed by atoms with van der Waals surface area (Å²) in [5, 5.41) is 4.17. The highest BCUT2D eigenvalue weighted by Crippen LogP contribution is 2.40. The summed E-state index contributed by atoms with van der Waals surface area (Å²) in [6.07, 6.45) is 0. The van der Waals surface area contributed by atoms with Crippen LogP contribution in [0.2, 0.25) is 0 Å². The molecule has 1 atom stereocenters. The quantitative estimate of drug-likeness (QED) is 0.381. The number of fused-ring (bicyclic) bond motifs is 3. The Balaban J connectivity index is 1.71. The molecule has 0 aliphatic carbocycles. The van der Waals surface area contributed by atoms with E-state index in [0.29, 0.717) is 18.0 Å². The molecule has 0 saturated heterocycles. The molecule has 1 aromatic heterocycles. The van der Waals surface area contributed by atoms with Gasteiger partial charge in [0.25, 0.3) is 6.47 Å². The third kappa shape index (κ3) is 3.39. The van der Waals surface area contributed by atoms with Gasteiger partial charge in [-0.3, -0.25) is 9.79 Å². The Morgan fingerprint density at radius 1 is 0.938 bits per heavy atom. The Morgan fingerprint density at radius 3 is 2.34 bits per heavy atom. The van der Waals surface area contributed by atoms with Crippen molar-refractivity contribution in [3.8, 4) is 28.0 Å². The maximum atomic E-state index is 13.6. The molecule has 4 aromatic rings. The molecule has 0 bridgehead atoms. The summed E-state index contributed by atoms with van der Waals surface area (Å²) in [6, 6.07) is 19.5. The number of aryl methyl sites for hydroxylation is 1. The molecule has 1 aliphatic rings. The van der Waals surface area contributed by atoms with Crippen molar-refractivity contribution in [2.45, 2.75) is 19.9 Å². The number of benzene rings is 3. The van der Waals surface area contributed by atoms with Crippen LogP contribution in [-0.4, -0.2) is 17.3 Å². The fourth-order valence-corrected chi connectivity index (χ4v) is 4.08. The predicted octanol–water partition coefficient (Wildman–Crippen LogP) is 5.90. The number of rotatable bonds is 4. The molecule has 5 nitrogen and oxygen atoms in total. The van der Waals surface area contributed by atoms with Gasteiger partial charge in [0, 0.05) is 11.1 Å². The largest absolute Gasteiger partial charge is 0.429 e. The van der Waals surface area contributed by atoms with Crippen LogP contribution < -0.4 is 4.74 Å². The average Bonchev–Trinajstić information content (AvgIpc) is 3.14. The molecule has 0 spiro atoms. The molecule has 0 unspecified atom stereocenters. The van der Waals surface area contributed by atoms with E-state index in [1.165, 1.54) is 12.1 Å². The Hall–Kier alpha value is -4.06. The summed E-state index contributed by atoms with van der Waals surface area (Å²) in [7, 11) is 0. The number of nitrogens with zero attached hydrogens (tertiary/aromatic N) is 2. The topological polar surface area (TPSA) is 64.7 Å². The van der Waals surface area contributed by atoms with Crippen LogP contribution in [0.4, 0.5) is 4.39 Å². The molecular weight excluding hydrogens is 407 g/mol. The molecule has 6 heteroatoms. The highest BCUT2D eigenvalue weighted by molar-refractivity contribution is 6.17. The van der Waals surface area contributed by atoms with Crippen LogP contribution in [-0.2, 0) is 4.79 Å². The van der Waals surface area contributed by atoms with E-state index in [0.717, 1.165) is 44.8 Å². The number of hydrogen-bond donors (Lipinski definition) is 0. The Labute approximate surface area is 184 Å². The van der Waals surface area contributed by atoms with Gasteiger partial charge in [-0.2, -0.15) is 0 Å². The molecule has 1 aliphatic heterocycles. The van der Waals surface area contributed by atoms with Crippen LogP contribution in [0.25, 0.3) is 22.3 Å². The van der Waals surface area contributed by atoms with Gasteiger partial charge in [-0.05, 0) is 73.0 Å². The summed E-state index contributed by atoms with van der Waals surface area (Å²) >= 11 is 0.